The van der Waals surface area contributed by atoms with Gasteiger partial charge < -0.3 is 11.5 Å². The highest BCUT2D eigenvalue weighted by atomic mass is 14.9. The van der Waals surface area contributed by atoms with E-state index >= 15 is 0 Å². The van der Waals surface area contributed by atoms with E-state index in [1.54, 1.807) is 0 Å². The normalized spacial score (nSPS) is 19.2. The quantitative estimate of drug-likeness (QED) is 0.827. The fourth-order valence-electron chi connectivity index (χ4n) is 2.36. The molecule has 0 heterocycles. The topological polar surface area (TPSA) is 52.0 Å². The molecule has 2 aromatic carbocycles. The van der Waals surface area contributed by atoms with Crippen molar-refractivity contribution in [3.63, 3.8) is 0 Å². The maximum atomic E-state index is 6.23. The minimum Gasteiger partial charge on any atom is -0.323 e. The summed E-state index contributed by atoms with van der Waals surface area (Å²) in [4.78, 5) is 0. The first kappa shape index (κ1) is 10.8. The van der Waals surface area contributed by atoms with Crippen molar-refractivity contribution in [2.24, 2.45) is 11.5 Å². The predicted octanol–water partition coefficient (Wildman–Crippen LogP) is 2.64. The Bertz CT molecular complexity index is 570. The van der Waals surface area contributed by atoms with Crippen LogP contribution < -0.4 is 11.5 Å². The molecule has 1 aliphatic carbocycles. The second-order valence-electron chi connectivity index (χ2n) is 5.32. The lowest BCUT2D eigenvalue weighted by Gasteiger charge is -2.19. The predicted molar refractivity (Wildman–Crippen MR) is 71.8 cm³/mol. The van der Waals surface area contributed by atoms with Crippen LogP contribution in [0.25, 0.3) is 10.8 Å². The Labute approximate surface area is 102 Å². The molecule has 1 aliphatic rings. The van der Waals surface area contributed by atoms with E-state index < -0.39 is 0 Å². The number of fused-ring (bicyclic) bond motifs is 1. The molecule has 1 saturated carbocycles. The van der Waals surface area contributed by atoms with Crippen LogP contribution in [0.5, 0.6) is 0 Å². The molecule has 1 atom stereocenters. The van der Waals surface area contributed by atoms with Crippen LogP contribution >= 0.6 is 0 Å². The highest BCUT2D eigenvalue weighted by Crippen LogP contribution is 2.42. The average Bonchev–Trinajstić information content (AvgIpc) is 3.07. The summed E-state index contributed by atoms with van der Waals surface area (Å²) in [6.45, 7) is 2.11. The molecule has 0 bridgehead atoms. The van der Waals surface area contributed by atoms with Crippen molar-refractivity contribution in [3.8, 4) is 0 Å². The second kappa shape index (κ2) is 3.56. The first-order valence-electron chi connectivity index (χ1n) is 6.13. The van der Waals surface area contributed by atoms with Crippen molar-refractivity contribution < 1.29 is 0 Å². The fraction of sp³-hybridized carbons (Fsp3) is 0.333. The summed E-state index contributed by atoms with van der Waals surface area (Å²) in [7, 11) is 0. The number of nitrogens with two attached hydrogens (primary N) is 2. The highest BCUT2D eigenvalue weighted by Gasteiger charge is 2.44. The van der Waals surface area contributed by atoms with E-state index in [1.807, 2.05) is 0 Å². The minimum absolute atomic E-state index is 0.0341. The lowest BCUT2D eigenvalue weighted by atomic mass is 9.96. The van der Waals surface area contributed by atoms with E-state index in [2.05, 4.69) is 43.3 Å². The van der Waals surface area contributed by atoms with Gasteiger partial charge in [-0.2, -0.15) is 0 Å². The van der Waals surface area contributed by atoms with Crippen LogP contribution in [0.15, 0.2) is 36.4 Å². The molecular weight excluding hydrogens is 208 g/mol. The molecule has 0 aromatic heterocycles. The smallest absolute Gasteiger partial charge is 0.0478 e. The van der Waals surface area contributed by atoms with Crippen LogP contribution in [-0.4, -0.2) is 5.54 Å². The van der Waals surface area contributed by atoms with Gasteiger partial charge in [0.05, 0.1) is 0 Å². The average molecular weight is 226 g/mol. The molecule has 0 radical (unpaired) electrons. The third-order valence-electron chi connectivity index (χ3n) is 3.83. The lowest BCUT2D eigenvalue weighted by Crippen LogP contribution is -2.36. The molecule has 1 unspecified atom stereocenters. The molecule has 0 amide bonds. The summed E-state index contributed by atoms with van der Waals surface area (Å²) in [6.07, 6.45) is 2.08. The number of aryl methyl sites for hydroxylation is 1. The summed E-state index contributed by atoms with van der Waals surface area (Å²) in [5, 5.41) is 2.51. The van der Waals surface area contributed by atoms with Crippen LogP contribution in [0.3, 0.4) is 0 Å². The van der Waals surface area contributed by atoms with Gasteiger partial charge in [-0.25, -0.2) is 0 Å². The number of rotatable bonds is 2. The van der Waals surface area contributed by atoms with E-state index in [0.717, 1.165) is 18.4 Å². The van der Waals surface area contributed by atoms with Crippen molar-refractivity contribution in [1.82, 2.24) is 0 Å². The monoisotopic (exact) mass is 226 g/mol. The zero-order chi connectivity index (χ0) is 12.0. The Morgan fingerprint density at radius 1 is 1.06 bits per heavy atom. The molecule has 17 heavy (non-hydrogen) atoms. The van der Waals surface area contributed by atoms with E-state index in [4.69, 9.17) is 11.5 Å². The van der Waals surface area contributed by atoms with Crippen LogP contribution in [-0.2, 0) is 0 Å². The third kappa shape index (κ3) is 1.84. The first-order valence-corrected chi connectivity index (χ1v) is 6.13. The summed E-state index contributed by atoms with van der Waals surface area (Å²) in [5.74, 6) is 0. The van der Waals surface area contributed by atoms with Crippen LogP contribution in [0.2, 0.25) is 0 Å². The zero-order valence-corrected chi connectivity index (χ0v) is 10.1. The molecule has 0 aliphatic heterocycles. The lowest BCUT2D eigenvalue weighted by molar-refractivity contribution is 0.536. The maximum Gasteiger partial charge on any atom is 0.0478 e. The second-order valence-corrected chi connectivity index (χ2v) is 5.32. The van der Waals surface area contributed by atoms with Gasteiger partial charge in [0.1, 0.15) is 0 Å². The van der Waals surface area contributed by atoms with Gasteiger partial charge in [0, 0.05) is 11.6 Å². The van der Waals surface area contributed by atoms with Gasteiger partial charge in [-0.05, 0) is 42.2 Å². The van der Waals surface area contributed by atoms with Crippen LogP contribution in [0, 0.1) is 6.92 Å². The largest absolute Gasteiger partial charge is 0.323 e. The molecule has 0 spiro atoms. The van der Waals surface area contributed by atoms with E-state index in [1.165, 1.54) is 16.3 Å². The van der Waals surface area contributed by atoms with Crippen molar-refractivity contribution in [3.05, 3.63) is 47.5 Å². The van der Waals surface area contributed by atoms with Gasteiger partial charge >= 0.3 is 0 Å². The van der Waals surface area contributed by atoms with Gasteiger partial charge in [-0.3, -0.25) is 0 Å². The summed E-state index contributed by atoms with van der Waals surface area (Å²) in [5.41, 5.74) is 14.7. The molecule has 1 fully saturated rings. The first-order chi connectivity index (χ1) is 8.08. The van der Waals surface area contributed by atoms with Gasteiger partial charge in [0.25, 0.3) is 0 Å². The summed E-state index contributed by atoms with van der Waals surface area (Å²) < 4.78 is 0. The Morgan fingerprint density at radius 2 is 1.71 bits per heavy atom. The van der Waals surface area contributed by atoms with E-state index in [-0.39, 0.29) is 11.6 Å². The van der Waals surface area contributed by atoms with E-state index in [9.17, 15) is 0 Å². The fourth-order valence-corrected chi connectivity index (χ4v) is 2.36. The third-order valence-corrected chi connectivity index (χ3v) is 3.83. The van der Waals surface area contributed by atoms with Crippen molar-refractivity contribution >= 4 is 10.8 Å². The maximum absolute atomic E-state index is 6.23. The van der Waals surface area contributed by atoms with Gasteiger partial charge in [0.2, 0.25) is 0 Å². The molecule has 4 N–H and O–H groups in total. The molecule has 0 saturated heterocycles. The van der Waals surface area contributed by atoms with Crippen LogP contribution in [0.1, 0.15) is 30.0 Å². The Balaban J connectivity index is 2.04. The number of hydrogen-bond acceptors (Lipinski definition) is 2. The number of benzene rings is 2. The molecule has 2 nitrogen and oxygen atoms in total. The minimum atomic E-state index is -0.154. The van der Waals surface area contributed by atoms with Crippen LogP contribution in [0.4, 0.5) is 0 Å². The molecular formula is C15H18N2. The van der Waals surface area contributed by atoms with E-state index in [0.29, 0.717) is 0 Å². The van der Waals surface area contributed by atoms with Crippen molar-refractivity contribution in [2.75, 3.05) is 0 Å². The Hall–Kier alpha value is -1.38. The Kier molecular flexibility index (Phi) is 2.25. The Morgan fingerprint density at radius 3 is 2.41 bits per heavy atom. The number of hydrogen-bond donors (Lipinski definition) is 2. The van der Waals surface area contributed by atoms with Gasteiger partial charge in [-0.1, -0.05) is 35.9 Å². The molecule has 2 aromatic rings. The zero-order valence-electron chi connectivity index (χ0n) is 10.1. The molecule has 88 valence electrons. The van der Waals surface area contributed by atoms with Gasteiger partial charge in [0.15, 0.2) is 0 Å². The standard InChI is InChI=1S/C15H18N2/c1-10-2-3-12-9-13(5-4-11(12)8-10)14(16)15(17)6-7-15/h2-5,8-9,14H,6-7,16-17H2,1H3. The van der Waals surface area contributed by atoms with Crippen molar-refractivity contribution in [2.45, 2.75) is 31.3 Å². The van der Waals surface area contributed by atoms with Gasteiger partial charge in [-0.15, -0.1) is 0 Å². The summed E-state index contributed by atoms with van der Waals surface area (Å²) in [6, 6.07) is 12.9. The SMILES string of the molecule is Cc1ccc2cc(C(N)C3(N)CC3)ccc2c1. The molecule has 3 rings (SSSR count). The van der Waals surface area contributed by atoms with Crippen molar-refractivity contribution in [1.29, 1.82) is 0 Å². The summed E-state index contributed by atoms with van der Waals surface area (Å²) >= 11 is 0. The highest BCUT2D eigenvalue weighted by molar-refractivity contribution is 5.84. The molecule has 2 heteroatoms.